The van der Waals surface area contributed by atoms with Crippen LogP contribution in [0, 0.1) is 0 Å². The third-order valence-corrected chi connectivity index (χ3v) is 3.45. The molecule has 1 fully saturated rings. The van der Waals surface area contributed by atoms with Crippen LogP contribution in [0.3, 0.4) is 0 Å². The Bertz CT molecular complexity index is 526. The van der Waals surface area contributed by atoms with E-state index in [1.54, 1.807) is 0 Å². The van der Waals surface area contributed by atoms with E-state index < -0.39 is 18.1 Å². The molecule has 0 unspecified atom stereocenters. The smallest absolute Gasteiger partial charge is 0.411 e. The first kappa shape index (κ1) is 15.1. The Hall–Kier alpha value is -2.30. The van der Waals surface area contributed by atoms with Crippen LogP contribution in [0.2, 0.25) is 0 Å². The first-order valence-corrected chi connectivity index (χ1v) is 6.83. The third kappa shape index (κ3) is 3.84. The van der Waals surface area contributed by atoms with Crippen molar-refractivity contribution in [2.75, 3.05) is 13.7 Å². The SMILES string of the molecule is C=C1CC[C@@H](C(=O)OC)N(C(=O)OCc2ccccc2)C1. The molecule has 1 aromatic rings. The molecule has 1 saturated heterocycles. The van der Waals surface area contributed by atoms with E-state index in [1.165, 1.54) is 12.0 Å². The van der Waals surface area contributed by atoms with Crippen molar-refractivity contribution in [1.29, 1.82) is 0 Å². The Labute approximate surface area is 124 Å². The lowest BCUT2D eigenvalue weighted by Gasteiger charge is -2.33. The number of ether oxygens (including phenoxy) is 2. The van der Waals surface area contributed by atoms with Gasteiger partial charge in [0, 0.05) is 6.54 Å². The topological polar surface area (TPSA) is 55.8 Å². The number of likely N-dealkylation sites (tertiary alicyclic amines) is 1. The monoisotopic (exact) mass is 289 g/mol. The molecule has 1 heterocycles. The zero-order valence-corrected chi connectivity index (χ0v) is 12.1. The molecule has 0 bridgehead atoms. The predicted octanol–water partition coefficient (Wildman–Crippen LogP) is 2.52. The van der Waals surface area contributed by atoms with Crippen molar-refractivity contribution in [3.63, 3.8) is 0 Å². The van der Waals surface area contributed by atoms with Gasteiger partial charge in [-0.15, -0.1) is 0 Å². The van der Waals surface area contributed by atoms with E-state index in [0.717, 1.165) is 11.1 Å². The minimum Gasteiger partial charge on any atom is -0.467 e. The number of carbonyl (C=O) groups excluding carboxylic acids is 2. The standard InChI is InChI=1S/C16H19NO4/c1-12-8-9-14(15(18)20-2)17(10-12)16(19)21-11-13-6-4-3-5-7-13/h3-7,14H,1,8-11H2,2H3/t14-/m0/s1. The van der Waals surface area contributed by atoms with E-state index in [1.807, 2.05) is 30.3 Å². The quantitative estimate of drug-likeness (QED) is 0.634. The van der Waals surface area contributed by atoms with Crippen LogP contribution in [-0.4, -0.2) is 36.7 Å². The number of amides is 1. The van der Waals surface area contributed by atoms with E-state index in [4.69, 9.17) is 9.47 Å². The average Bonchev–Trinajstić information content (AvgIpc) is 2.52. The Morgan fingerprint density at radius 2 is 2.05 bits per heavy atom. The normalized spacial score (nSPS) is 18.2. The number of carbonyl (C=O) groups is 2. The number of hydrogen-bond donors (Lipinski definition) is 0. The number of esters is 1. The summed E-state index contributed by atoms with van der Waals surface area (Å²) in [6.45, 7) is 4.39. The summed E-state index contributed by atoms with van der Waals surface area (Å²) in [5, 5.41) is 0. The summed E-state index contributed by atoms with van der Waals surface area (Å²) >= 11 is 0. The van der Waals surface area contributed by atoms with Crippen LogP contribution in [0.5, 0.6) is 0 Å². The van der Waals surface area contributed by atoms with E-state index in [-0.39, 0.29) is 6.61 Å². The van der Waals surface area contributed by atoms with Crippen molar-refractivity contribution in [2.45, 2.75) is 25.5 Å². The minimum absolute atomic E-state index is 0.177. The molecule has 0 saturated carbocycles. The number of methoxy groups -OCH3 is 1. The zero-order chi connectivity index (χ0) is 15.2. The van der Waals surface area contributed by atoms with Gasteiger partial charge in [-0.2, -0.15) is 0 Å². The molecule has 0 radical (unpaired) electrons. The number of nitrogens with zero attached hydrogens (tertiary/aromatic N) is 1. The zero-order valence-electron chi connectivity index (χ0n) is 12.1. The summed E-state index contributed by atoms with van der Waals surface area (Å²) in [6, 6.07) is 8.81. The molecule has 1 aliphatic rings. The molecule has 2 rings (SSSR count). The molecule has 5 nitrogen and oxygen atoms in total. The lowest BCUT2D eigenvalue weighted by Crippen LogP contribution is -2.49. The Kier molecular flexibility index (Phi) is 4.98. The van der Waals surface area contributed by atoms with Gasteiger partial charge in [0.25, 0.3) is 0 Å². The van der Waals surface area contributed by atoms with Gasteiger partial charge >= 0.3 is 12.1 Å². The summed E-state index contributed by atoms with van der Waals surface area (Å²) in [5.41, 5.74) is 1.81. The molecule has 0 aromatic heterocycles. The van der Waals surface area contributed by atoms with Crippen molar-refractivity contribution < 1.29 is 19.1 Å². The second-order valence-corrected chi connectivity index (χ2v) is 5.00. The highest BCUT2D eigenvalue weighted by Crippen LogP contribution is 2.22. The predicted molar refractivity (Wildman–Crippen MR) is 77.5 cm³/mol. The molecule has 0 spiro atoms. The lowest BCUT2D eigenvalue weighted by molar-refractivity contribution is -0.147. The molecular weight excluding hydrogens is 270 g/mol. The second-order valence-electron chi connectivity index (χ2n) is 5.00. The van der Waals surface area contributed by atoms with Crippen molar-refractivity contribution in [1.82, 2.24) is 4.90 Å². The van der Waals surface area contributed by atoms with Gasteiger partial charge in [-0.25, -0.2) is 9.59 Å². The molecule has 0 N–H and O–H groups in total. The fourth-order valence-electron chi connectivity index (χ4n) is 2.30. The summed E-state index contributed by atoms with van der Waals surface area (Å²) in [6.07, 6.45) is 0.712. The third-order valence-electron chi connectivity index (χ3n) is 3.45. The maximum Gasteiger partial charge on any atom is 0.411 e. The van der Waals surface area contributed by atoms with Crippen LogP contribution in [0.1, 0.15) is 18.4 Å². The summed E-state index contributed by atoms with van der Waals surface area (Å²) < 4.78 is 10.0. The first-order valence-electron chi connectivity index (χ1n) is 6.83. The van der Waals surface area contributed by atoms with Crippen molar-refractivity contribution >= 4 is 12.1 Å². The van der Waals surface area contributed by atoms with E-state index >= 15 is 0 Å². The number of rotatable bonds is 3. The fraction of sp³-hybridized carbons (Fsp3) is 0.375. The molecule has 1 atom stereocenters. The fourth-order valence-corrected chi connectivity index (χ4v) is 2.30. The van der Waals surface area contributed by atoms with Crippen molar-refractivity contribution in [2.24, 2.45) is 0 Å². The Balaban J connectivity index is 2.00. The molecule has 5 heteroatoms. The van der Waals surface area contributed by atoms with E-state index in [0.29, 0.717) is 19.4 Å². The molecule has 112 valence electrons. The summed E-state index contributed by atoms with van der Waals surface area (Å²) in [5.74, 6) is -0.417. The van der Waals surface area contributed by atoms with Crippen molar-refractivity contribution in [3.05, 3.63) is 48.0 Å². The van der Waals surface area contributed by atoms with Crippen LogP contribution in [0.4, 0.5) is 4.79 Å². The number of piperidine rings is 1. The van der Waals surface area contributed by atoms with Gasteiger partial charge in [0.2, 0.25) is 0 Å². The number of benzene rings is 1. The first-order chi connectivity index (χ1) is 10.1. The maximum absolute atomic E-state index is 12.2. The van der Waals surface area contributed by atoms with Gasteiger partial charge in [0.1, 0.15) is 12.6 Å². The lowest BCUT2D eigenvalue weighted by atomic mass is 9.99. The molecule has 0 aliphatic carbocycles. The van der Waals surface area contributed by atoms with E-state index in [9.17, 15) is 9.59 Å². The average molecular weight is 289 g/mol. The highest BCUT2D eigenvalue weighted by atomic mass is 16.6. The van der Waals surface area contributed by atoms with Crippen LogP contribution in [0.25, 0.3) is 0 Å². The van der Waals surface area contributed by atoms with Crippen molar-refractivity contribution in [3.8, 4) is 0 Å². The molecule has 1 aliphatic heterocycles. The van der Waals surface area contributed by atoms with Gasteiger partial charge in [-0.05, 0) is 18.4 Å². The van der Waals surface area contributed by atoms with Gasteiger partial charge in [0.05, 0.1) is 7.11 Å². The van der Waals surface area contributed by atoms with Crippen LogP contribution in [0.15, 0.2) is 42.5 Å². The largest absolute Gasteiger partial charge is 0.467 e. The maximum atomic E-state index is 12.2. The van der Waals surface area contributed by atoms with Crippen LogP contribution < -0.4 is 0 Å². The Morgan fingerprint density at radius 3 is 2.71 bits per heavy atom. The number of hydrogen-bond acceptors (Lipinski definition) is 4. The highest BCUT2D eigenvalue weighted by Gasteiger charge is 2.35. The second kappa shape index (κ2) is 6.92. The van der Waals surface area contributed by atoms with Crippen LogP contribution >= 0.6 is 0 Å². The summed E-state index contributed by atoms with van der Waals surface area (Å²) in [4.78, 5) is 25.4. The van der Waals surface area contributed by atoms with E-state index in [2.05, 4.69) is 6.58 Å². The molecule has 1 amide bonds. The van der Waals surface area contributed by atoms with Gasteiger partial charge in [-0.1, -0.05) is 42.5 Å². The molecule has 21 heavy (non-hydrogen) atoms. The highest BCUT2D eigenvalue weighted by molar-refractivity contribution is 5.82. The van der Waals surface area contributed by atoms with Gasteiger partial charge < -0.3 is 9.47 Å². The molecule has 1 aromatic carbocycles. The van der Waals surface area contributed by atoms with Crippen LogP contribution in [-0.2, 0) is 20.9 Å². The summed E-state index contributed by atoms with van der Waals surface area (Å²) in [7, 11) is 1.32. The Morgan fingerprint density at radius 1 is 1.33 bits per heavy atom. The van der Waals surface area contributed by atoms with Gasteiger partial charge in [-0.3, -0.25) is 4.90 Å². The minimum atomic E-state index is -0.594. The van der Waals surface area contributed by atoms with Gasteiger partial charge in [0.15, 0.2) is 0 Å². The molecular formula is C16H19NO4.